The Bertz CT molecular complexity index is 349. The Balaban J connectivity index is 2.44. The van der Waals surface area contributed by atoms with Crippen molar-refractivity contribution in [3.63, 3.8) is 0 Å². The van der Waals surface area contributed by atoms with Crippen LogP contribution in [-0.2, 0) is 0 Å². The second-order valence-corrected chi connectivity index (χ2v) is 4.17. The molecular weight excluding hydrogens is 186 g/mol. The summed E-state index contributed by atoms with van der Waals surface area (Å²) in [5, 5.41) is 3.44. The van der Waals surface area contributed by atoms with Crippen molar-refractivity contribution in [2.24, 2.45) is 0 Å². The number of rotatable bonds is 1. The first kappa shape index (κ1) is 10.3. The zero-order chi connectivity index (χ0) is 10.8. The van der Waals surface area contributed by atoms with Gasteiger partial charge in [0.25, 0.3) is 0 Å². The molecule has 0 saturated heterocycles. The molecule has 15 heavy (non-hydrogen) atoms. The number of fused-ring (bicyclic) bond motifs is 1. The number of hydrogen-bond acceptors (Lipinski definition) is 3. The maximum atomic E-state index is 4.64. The van der Waals surface area contributed by atoms with Crippen LogP contribution in [0.4, 0.5) is 11.5 Å². The molecule has 1 aromatic heterocycles. The molecule has 0 aliphatic carbocycles. The standard InChI is InChI=1S/C12H19N3/c1-4-15-10(3)7-8-13-11-6-5-9(2)14-12(11)15/h5-6,10,13H,4,7-8H2,1-3H3. The molecule has 2 rings (SSSR count). The van der Waals surface area contributed by atoms with Crippen molar-refractivity contribution in [3.05, 3.63) is 17.8 Å². The van der Waals surface area contributed by atoms with Crippen molar-refractivity contribution < 1.29 is 0 Å². The molecule has 2 heterocycles. The highest BCUT2D eigenvalue weighted by Gasteiger charge is 2.20. The lowest BCUT2D eigenvalue weighted by molar-refractivity contribution is 0.620. The van der Waals surface area contributed by atoms with Crippen LogP contribution in [0.25, 0.3) is 0 Å². The molecule has 1 aliphatic heterocycles. The molecule has 1 N–H and O–H groups in total. The van der Waals surface area contributed by atoms with E-state index in [1.807, 2.05) is 6.92 Å². The van der Waals surface area contributed by atoms with Crippen molar-refractivity contribution in [2.75, 3.05) is 23.3 Å². The topological polar surface area (TPSA) is 28.2 Å². The Morgan fingerprint density at radius 1 is 1.53 bits per heavy atom. The van der Waals surface area contributed by atoms with Crippen LogP contribution in [0.1, 0.15) is 26.0 Å². The smallest absolute Gasteiger partial charge is 0.152 e. The molecular formula is C12H19N3. The Hall–Kier alpha value is -1.25. The highest BCUT2D eigenvalue weighted by Crippen LogP contribution is 2.28. The Morgan fingerprint density at radius 3 is 3.07 bits per heavy atom. The summed E-state index contributed by atoms with van der Waals surface area (Å²) in [6.45, 7) is 8.56. The SMILES string of the molecule is CCN1c2nc(C)ccc2NCCC1C. The molecule has 0 bridgehead atoms. The summed E-state index contributed by atoms with van der Waals surface area (Å²) in [6.07, 6.45) is 1.17. The van der Waals surface area contributed by atoms with E-state index in [9.17, 15) is 0 Å². The molecule has 1 atom stereocenters. The van der Waals surface area contributed by atoms with E-state index in [-0.39, 0.29) is 0 Å². The summed E-state index contributed by atoms with van der Waals surface area (Å²) in [4.78, 5) is 7.02. The first-order valence-corrected chi connectivity index (χ1v) is 5.70. The van der Waals surface area contributed by atoms with Gasteiger partial charge in [0, 0.05) is 24.8 Å². The van der Waals surface area contributed by atoms with E-state index in [1.165, 1.54) is 12.1 Å². The van der Waals surface area contributed by atoms with Gasteiger partial charge in [-0.15, -0.1) is 0 Å². The van der Waals surface area contributed by atoms with Crippen molar-refractivity contribution in [1.29, 1.82) is 0 Å². The Labute approximate surface area is 91.5 Å². The normalized spacial score (nSPS) is 20.5. The molecule has 82 valence electrons. The van der Waals surface area contributed by atoms with Gasteiger partial charge in [-0.25, -0.2) is 4.98 Å². The molecule has 0 aromatic carbocycles. The van der Waals surface area contributed by atoms with E-state index >= 15 is 0 Å². The lowest BCUT2D eigenvalue weighted by Gasteiger charge is -2.27. The number of aromatic nitrogens is 1. The van der Waals surface area contributed by atoms with Crippen molar-refractivity contribution in [3.8, 4) is 0 Å². The van der Waals surface area contributed by atoms with Gasteiger partial charge >= 0.3 is 0 Å². The van der Waals surface area contributed by atoms with E-state index in [0.717, 1.165) is 24.6 Å². The third kappa shape index (κ3) is 1.91. The highest BCUT2D eigenvalue weighted by atomic mass is 15.2. The molecule has 1 unspecified atom stereocenters. The number of anilines is 2. The van der Waals surface area contributed by atoms with Gasteiger partial charge in [0.1, 0.15) is 0 Å². The summed E-state index contributed by atoms with van der Waals surface area (Å²) in [7, 11) is 0. The molecule has 3 nitrogen and oxygen atoms in total. The molecule has 0 radical (unpaired) electrons. The molecule has 3 heteroatoms. The van der Waals surface area contributed by atoms with Crippen molar-refractivity contribution in [2.45, 2.75) is 33.2 Å². The van der Waals surface area contributed by atoms with Gasteiger partial charge < -0.3 is 10.2 Å². The summed E-state index contributed by atoms with van der Waals surface area (Å²) < 4.78 is 0. The first-order valence-electron chi connectivity index (χ1n) is 5.70. The van der Waals surface area contributed by atoms with Gasteiger partial charge in [0.2, 0.25) is 0 Å². The average Bonchev–Trinajstić information content (AvgIpc) is 2.36. The first-order chi connectivity index (χ1) is 7.22. The predicted octanol–water partition coefficient (Wildman–Crippen LogP) is 2.42. The van der Waals surface area contributed by atoms with Gasteiger partial charge in [-0.3, -0.25) is 0 Å². The second-order valence-electron chi connectivity index (χ2n) is 4.17. The van der Waals surface area contributed by atoms with Crippen molar-refractivity contribution >= 4 is 11.5 Å². The van der Waals surface area contributed by atoms with Gasteiger partial charge in [-0.05, 0) is 39.3 Å². The third-order valence-electron chi connectivity index (χ3n) is 3.04. The summed E-state index contributed by atoms with van der Waals surface area (Å²) >= 11 is 0. The van der Waals surface area contributed by atoms with E-state index in [0.29, 0.717) is 6.04 Å². The fourth-order valence-corrected chi connectivity index (χ4v) is 2.14. The number of nitrogens with zero attached hydrogens (tertiary/aromatic N) is 2. The number of aryl methyl sites for hydroxylation is 1. The van der Waals surface area contributed by atoms with E-state index in [4.69, 9.17) is 0 Å². The number of nitrogens with one attached hydrogen (secondary N) is 1. The summed E-state index contributed by atoms with van der Waals surface area (Å²) in [5.41, 5.74) is 2.26. The Kier molecular flexibility index (Phi) is 2.80. The minimum atomic E-state index is 0.568. The number of hydrogen-bond donors (Lipinski definition) is 1. The lowest BCUT2D eigenvalue weighted by Crippen LogP contribution is -2.33. The van der Waals surface area contributed by atoms with Gasteiger partial charge in [-0.2, -0.15) is 0 Å². The minimum absolute atomic E-state index is 0.568. The zero-order valence-electron chi connectivity index (χ0n) is 9.75. The fraction of sp³-hybridized carbons (Fsp3) is 0.583. The lowest BCUT2D eigenvalue weighted by atomic mass is 10.2. The summed E-state index contributed by atoms with van der Waals surface area (Å²) in [6, 6.07) is 4.77. The largest absolute Gasteiger partial charge is 0.382 e. The monoisotopic (exact) mass is 205 g/mol. The zero-order valence-corrected chi connectivity index (χ0v) is 9.75. The quantitative estimate of drug-likeness (QED) is 0.763. The number of pyridine rings is 1. The molecule has 0 amide bonds. The average molecular weight is 205 g/mol. The van der Waals surface area contributed by atoms with Gasteiger partial charge in [-0.1, -0.05) is 0 Å². The second kappa shape index (κ2) is 4.09. The van der Waals surface area contributed by atoms with E-state index in [1.54, 1.807) is 0 Å². The molecule has 0 saturated carbocycles. The minimum Gasteiger partial charge on any atom is -0.382 e. The van der Waals surface area contributed by atoms with Crippen LogP contribution in [0.15, 0.2) is 12.1 Å². The third-order valence-corrected chi connectivity index (χ3v) is 3.04. The molecule has 1 aliphatic rings. The van der Waals surface area contributed by atoms with Crippen LogP contribution in [0, 0.1) is 6.92 Å². The van der Waals surface area contributed by atoms with E-state index in [2.05, 4.69) is 41.2 Å². The maximum Gasteiger partial charge on any atom is 0.152 e. The molecule has 1 aromatic rings. The molecule has 0 spiro atoms. The van der Waals surface area contributed by atoms with Crippen LogP contribution in [0.5, 0.6) is 0 Å². The van der Waals surface area contributed by atoms with Crippen LogP contribution < -0.4 is 10.2 Å². The highest BCUT2D eigenvalue weighted by molar-refractivity contribution is 5.67. The maximum absolute atomic E-state index is 4.64. The summed E-state index contributed by atoms with van der Waals surface area (Å²) in [5.74, 6) is 1.11. The van der Waals surface area contributed by atoms with Gasteiger partial charge in [0.15, 0.2) is 5.82 Å². The van der Waals surface area contributed by atoms with E-state index < -0.39 is 0 Å². The van der Waals surface area contributed by atoms with Crippen LogP contribution >= 0.6 is 0 Å². The molecule has 0 fully saturated rings. The van der Waals surface area contributed by atoms with Crippen molar-refractivity contribution in [1.82, 2.24) is 4.98 Å². The Morgan fingerprint density at radius 2 is 2.33 bits per heavy atom. The van der Waals surface area contributed by atoms with Crippen LogP contribution in [0.2, 0.25) is 0 Å². The van der Waals surface area contributed by atoms with Gasteiger partial charge in [0.05, 0.1) is 5.69 Å². The van der Waals surface area contributed by atoms with Crippen LogP contribution in [-0.4, -0.2) is 24.1 Å². The predicted molar refractivity (Wildman–Crippen MR) is 64.6 cm³/mol. The fourth-order valence-electron chi connectivity index (χ4n) is 2.14. The van der Waals surface area contributed by atoms with Crippen LogP contribution in [0.3, 0.4) is 0 Å².